The Bertz CT molecular complexity index is 452. The van der Waals surface area contributed by atoms with E-state index in [2.05, 4.69) is 13.8 Å². The van der Waals surface area contributed by atoms with Crippen molar-refractivity contribution in [2.45, 2.75) is 83.5 Å². The first-order chi connectivity index (χ1) is 10.4. The van der Waals surface area contributed by atoms with Crippen LogP contribution in [0.3, 0.4) is 0 Å². The molecule has 0 amide bonds. The van der Waals surface area contributed by atoms with Crippen LogP contribution in [0.15, 0.2) is 0 Å². The van der Waals surface area contributed by atoms with Crippen molar-refractivity contribution < 1.29 is 15.3 Å². The molecule has 0 aliphatic heterocycles. The van der Waals surface area contributed by atoms with E-state index in [1.54, 1.807) is 0 Å². The van der Waals surface area contributed by atoms with Gasteiger partial charge in [-0.15, -0.1) is 0 Å². The predicted octanol–water partition coefficient (Wildman–Crippen LogP) is 2.72. The Balaban J connectivity index is 1.64. The van der Waals surface area contributed by atoms with E-state index in [1.165, 1.54) is 19.3 Å². The van der Waals surface area contributed by atoms with E-state index in [0.717, 1.165) is 38.0 Å². The normalized spacial score (nSPS) is 61.2. The van der Waals surface area contributed by atoms with Gasteiger partial charge in [0.05, 0.1) is 18.3 Å². The second-order valence-electron chi connectivity index (χ2n) is 9.30. The summed E-state index contributed by atoms with van der Waals surface area (Å²) < 4.78 is 0. The Hall–Kier alpha value is -0.120. The van der Waals surface area contributed by atoms with Crippen LogP contribution in [0, 0.1) is 34.5 Å². The molecule has 3 N–H and O–H groups in total. The monoisotopic (exact) mass is 308 g/mol. The van der Waals surface area contributed by atoms with Crippen molar-refractivity contribution in [3.8, 4) is 0 Å². The Morgan fingerprint density at radius 3 is 2.09 bits per heavy atom. The second kappa shape index (κ2) is 4.94. The third-order valence-corrected chi connectivity index (χ3v) is 8.68. The van der Waals surface area contributed by atoms with Crippen molar-refractivity contribution in [1.82, 2.24) is 0 Å². The standard InChI is InChI=1S/C19H32O3/c1-18-10-8-15(20)17(22)14(18)4-3-11-12-5-6-16(21)19(12,2)9-7-13(11)18/h11-17,20-22H,3-10H2,1-2H3/t11-,12-,13-,14?,15+,16-,17-,18+,19-/m0/s1. The van der Waals surface area contributed by atoms with Gasteiger partial charge in [-0.1, -0.05) is 13.8 Å². The molecule has 4 fully saturated rings. The van der Waals surface area contributed by atoms with E-state index >= 15 is 0 Å². The summed E-state index contributed by atoms with van der Waals surface area (Å²) in [6.07, 6.45) is 7.40. The van der Waals surface area contributed by atoms with Crippen molar-refractivity contribution in [2.75, 3.05) is 0 Å². The van der Waals surface area contributed by atoms with Gasteiger partial charge in [-0.25, -0.2) is 0 Å². The van der Waals surface area contributed by atoms with Crippen LogP contribution < -0.4 is 0 Å². The molecule has 4 aliphatic rings. The average molecular weight is 308 g/mol. The van der Waals surface area contributed by atoms with Gasteiger partial charge in [-0.05, 0) is 85.9 Å². The van der Waals surface area contributed by atoms with Gasteiger partial charge in [-0.3, -0.25) is 0 Å². The Kier molecular flexibility index (Phi) is 3.46. The number of aliphatic hydroxyl groups excluding tert-OH is 3. The van der Waals surface area contributed by atoms with Gasteiger partial charge in [0.1, 0.15) is 0 Å². The van der Waals surface area contributed by atoms with Gasteiger partial charge in [0.15, 0.2) is 0 Å². The molecule has 22 heavy (non-hydrogen) atoms. The SMILES string of the molecule is C[C@]12CC[C@H]3[C@@H](CCC4[C@H](O)[C@H](O)CC[C@@]43C)[C@@H]1CC[C@@H]2O. The van der Waals surface area contributed by atoms with Crippen molar-refractivity contribution in [1.29, 1.82) is 0 Å². The van der Waals surface area contributed by atoms with Crippen molar-refractivity contribution in [3.05, 3.63) is 0 Å². The van der Waals surface area contributed by atoms with E-state index in [-0.39, 0.29) is 22.9 Å². The van der Waals surface area contributed by atoms with Gasteiger partial charge in [-0.2, -0.15) is 0 Å². The van der Waals surface area contributed by atoms with Crippen molar-refractivity contribution >= 4 is 0 Å². The first-order valence-electron chi connectivity index (χ1n) is 9.42. The molecular formula is C19H32O3. The Morgan fingerprint density at radius 1 is 0.682 bits per heavy atom. The van der Waals surface area contributed by atoms with Gasteiger partial charge < -0.3 is 15.3 Å². The number of fused-ring (bicyclic) bond motifs is 5. The first-order valence-corrected chi connectivity index (χ1v) is 9.42. The van der Waals surface area contributed by atoms with Crippen LogP contribution in [0.4, 0.5) is 0 Å². The maximum atomic E-state index is 10.5. The maximum absolute atomic E-state index is 10.5. The van der Waals surface area contributed by atoms with E-state index in [1.807, 2.05) is 0 Å². The molecule has 0 spiro atoms. The summed E-state index contributed by atoms with van der Waals surface area (Å²) in [5.74, 6) is 2.34. The van der Waals surface area contributed by atoms with Crippen LogP contribution >= 0.6 is 0 Å². The minimum absolute atomic E-state index is 0.109. The number of rotatable bonds is 0. The van der Waals surface area contributed by atoms with Crippen molar-refractivity contribution in [3.63, 3.8) is 0 Å². The van der Waals surface area contributed by atoms with Crippen LogP contribution in [0.2, 0.25) is 0 Å². The zero-order valence-electron chi connectivity index (χ0n) is 14.0. The Morgan fingerprint density at radius 2 is 1.32 bits per heavy atom. The number of hydrogen-bond donors (Lipinski definition) is 3. The lowest BCUT2D eigenvalue weighted by atomic mass is 9.44. The summed E-state index contributed by atoms with van der Waals surface area (Å²) in [6, 6.07) is 0. The fourth-order valence-corrected chi connectivity index (χ4v) is 7.29. The molecule has 3 nitrogen and oxygen atoms in total. The summed E-state index contributed by atoms with van der Waals surface area (Å²) in [5.41, 5.74) is 0.327. The molecule has 0 aromatic carbocycles. The average Bonchev–Trinajstić information content (AvgIpc) is 2.79. The molecule has 0 radical (unpaired) electrons. The fraction of sp³-hybridized carbons (Fsp3) is 1.00. The molecule has 9 atom stereocenters. The van der Waals surface area contributed by atoms with Crippen LogP contribution in [0.1, 0.15) is 65.2 Å². The molecule has 0 bridgehead atoms. The lowest BCUT2D eigenvalue weighted by Crippen LogP contribution is -2.58. The van der Waals surface area contributed by atoms with Gasteiger partial charge in [0, 0.05) is 0 Å². The van der Waals surface area contributed by atoms with Crippen LogP contribution in [0.5, 0.6) is 0 Å². The van der Waals surface area contributed by atoms with E-state index in [0.29, 0.717) is 11.8 Å². The van der Waals surface area contributed by atoms with E-state index in [9.17, 15) is 15.3 Å². The zero-order valence-corrected chi connectivity index (χ0v) is 14.0. The molecule has 0 heterocycles. The largest absolute Gasteiger partial charge is 0.393 e. The summed E-state index contributed by atoms with van der Waals surface area (Å²) in [7, 11) is 0. The number of aliphatic hydroxyl groups is 3. The predicted molar refractivity (Wildman–Crippen MR) is 85.1 cm³/mol. The lowest BCUT2D eigenvalue weighted by Gasteiger charge is -2.61. The minimum Gasteiger partial charge on any atom is -0.393 e. The quantitative estimate of drug-likeness (QED) is 0.645. The fourth-order valence-electron chi connectivity index (χ4n) is 7.29. The third kappa shape index (κ3) is 1.85. The summed E-state index contributed by atoms with van der Waals surface area (Å²) in [5, 5.41) is 31.1. The zero-order chi connectivity index (χ0) is 15.7. The molecule has 3 heteroatoms. The van der Waals surface area contributed by atoms with Crippen molar-refractivity contribution in [2.24, 2.45) is 34.5 Å². The van der Waals surface area contributed by atoms with Gasteiger partial charge >= 0.3 is 0 Å². The van der Waals surface area contributed by atoms with Crippen LogP contribution in [-0.4, -0.2) is 33.6 Å². The topological polar surface area (TPSA) is 60.7 Å². The molecular weight excluding hydrogens is 276 g/mol. The highest BCUT2D eigenvalue weighted by Gasteiger charge is 2.61. The molecule has 1 unspecified atom stereocenters. The highest BCUT2D eigenvalue weighted by Crippen LogP contribution is 2.66. The van der Waals surface area contributed by atoms with Gasteiger partial charge in [0.2, 0.25) is 0 Å². The minimum atomic E-state index is -0.526. The van der Waals surface area contributed by atoms with Crippen LogP contribution in [0.25, 0.3) is 0 Å². The van der Waals surface area contributed by atoms with Gasteiger partial charge in [0.25, 0.3) is 0 Å². The second-order valence-corrected chi connectivity index (χ2v) is 9.30. The maximum Gasteiger partial charge on any atom is 0.0832 e. The smallest absolute Gasteiger partial charge is 0.0832 e. The summed E-state index contributed by atoms with van der Waals surface area (Å²) in [4.78, 5) is 0. The summed E-state index contributed by atoms with van der Waals surface area (Å²) in [6.45, 7) is 4.71. The third-order valence-electron chi connectivity index (χ3n) is 8.68. The first kappa shape index (κ1) is 15.4. The van der Waals surface area contributed by atoms with Crippen LogP contribution in [-0.2, 0) is 0 Å². The highest BCUT2D eigenvalue weighted by molar-refractivity contribution is 5.10. The summed E-state index contributed by atoms with van der Waals surface area (Å²) >= 11 is 0. The molecule has 126 valence electrons. The molecule has 4 rings (SSSR count). The molecule has 4 saturated carbocycles. The molecule has 0 saturated heterocycles. The highest BCUT2D eigenvalue weighted by atomic mass is 16.3. The van der Waals surface area contributed by atoms with E-state index < -0.39 is 12.2 Å². The molecule has 4 aliphatic carbocycles. The Labute approximate surface area is 134 Å². The molecule has 0 aromatic rings. The number of hydrogen-bond acceptors (Lipinski definition) is 3. The van der Waals surface area contributed by atoms with E-state index in [4.69, 9.17) is 0 Å². The molecule has 0 aromatic heterocycles. The lowest BCUT2D eigenvalue weighted by molar-refractivity contribution is -0.176.